The number of rotatable bonds is 5. The first-order valence-corrected chi connectivity index (χ1v) is 9.36. The number of hydrogen-bond donors (Lipinski definition) is 3. The number of benzene rings is 3. The lowest BCUT2D eigenvalue weighted by molar-refractivity contribution is 0.483. The van der Waals surface area contributed by atoms with E-state index in [1.807, 2.05) is 6.07 Å². The van der Waals surface area contributed by atoms with Crippen LogP contribution in [0.2, 0.25) is 0 Å². The fraction of sp³-hybridized carbons (Fsp3) is 0. The third-order valence-electron chi connectivity index (χ3n) is 3.60. The zero-order valence-corrected chi connectivity index (χ0v) is 15.1. The Labute approximate surface area is 158 Å². The first-order chi connectivity index (χ1) is 13.3. The first kappa shape index (κ1) is 19.1. The van der Waals surface area contributed by atoms with Gasteiger partial charge in [0.05, 0.1) is 16.3 Å². The molecule has 0 spiro atoms. The van der Waals surface area contributed by atoms with Crippen LogP contribution in [-0.2, 0) is 10.1 Å². The summed E-state index contributed by atoms with van der Waals surface area (Å²) < 4.78 is 31.0. The van der Waals surface area contributed by atoms with Crippen molar-refractivity contribution >= 4 is 21.5 Å². The maximum absolute atomic E-state index is 12.4. The van der Waals surface area contributed by atoms with Gasteiger partial charge in [0.25, 0.3) is 10.1 Å². The topological polar surface area (TPSA) is 137 Å². The normalized spacial score (nSPS) is 12.8. The number of anilines is 2. The van der Waals surface area contributed by atoms with E-state index in [4.69, 9.17) is 4.55 Å². The van der Waals surface area contributed by atoms with Crippen LogP contribution in [0.25, 0.3) is 0 Å². The van der Waals surface area contributed by atoms with Gasteiger partial charge < -0.3 is 0 Å². The number of nitrogens with zero attached hydrogens (tertiary/aromatic N) is 2. The van der Waals surface area contributed by atoms with Gasteiger partial charge in [-0.3, -0.25) is 25.0 Å². The molecule has 0 aliphatic carbocycles. The average Bonchev–Trinajstić information content (AvgIpc) is 2.68. The Morgan fingerprint density at radius 2 is 1.36 bits per heavy atom. The second kappa shape index (κ2) is 7.94. The van der Waals surface area contributed by atoms with E-state index in [2.05, 4.69) is 21.1 Å². The Bertz CT molecular complexity index is 1310. The molecule has 3 rings (SSSR count). The molecule has 0 radical (unpaired) electrons. The van der Waals surface area contributed by atoms with Gasteiger partial charge in [-0.2, -0.15) is 18.6 Å². The van der Waals surface area contributed by atoms with Crippen LogP contribution >= 0.6 is 0 Å². The van der Waals surface area contributed by atoms with Crippen LogP contribution in [0, 0.1) is 0 Å². The molecule has 0 amide bonds. The quantitative estimate of drug-likeness (QED) is 0.417. The van der Waals surface area contributed by atoms with Gasteiger partial charge in [0, 0.05) is 0 Å². The van der Waals surface area contributed by atoms with E-state index in [1.54, 1.807) is 24.3 Å². The van der Waals surface area contributed by atoms with Crippen LogP contribution in [0.3, 0.4) is 0 Å². The van der Waals surface area contributed by atoms with E-state index in [-0.39, 0.29) is 15.6 Å². The first-order valence-electron chi connectivity index (χ1n) is 7.92. The van der Waals surface area contributed by atoms with E-state index in [1.165, 1.54) is 36.4 Å². The van der Waals surface area contributed by atoms with E-state index in [9.17, 15) is 18.0 Å². The molecule has 0 aromatic heterocycles. The molecule has 0 saturated heterocycles. The number of nitrogens with one attached hydrogen (secondary N) is 2. The Kier molecular flexibility index (Phi) is 5.43. The van der Waals surface area contributed by atoms with E-state index in [0.29, 0.717) is 11.4 Å². The summed E-state index contributed by atoms with van der Waals surface area (Å²) in [6, 6.07) is 16.3. The molecular formula is C18H14N4O5S. The van der Waals surface area contributed by atoms with E-state index in [0.717, 1.165) is 0 Å². The molecule has 0 bridgehead atoms. The van der Waals surface area contributed by atoms with Crippen molar-refractivity contribution in [2.45, 2.75) is 4.90 Å². The summed E-state index contributed by atoms with van der Waals surface area (Å²) in [7, 11) is -4.30. The van der Waals surface area contributed by atoms with Crippen molar-refractivity contribution in [3.8, 4) is 0 Å². The molecule has 3 aromatic rings. The van der Waals surface area contributed by atoms with Gasteiger partial charge in [0.15, 0.2) is 5.36 Å². The van der Waals surface area contributed by atoms with E-state index < -0.39 is 21.0 Å². The molecule has 0 heterocycles. The average molecular weight is 398 g/mol. The summed E-state index contributed by atoms with van der Waals surface area (Å²) in [4.78, 5) is 24.1. The van der Waals surface area contributed by atoms with Crippen LogP contribution in [0.4, 0.5) is 11.4 Å². The highest BCUT2D eigenvalue weighted by molar-refractivity contribution is 7.85. The van der Waals surface area contributed by atoms with Crippen LogP contribution in [-0.4, -0.2) is 13.0 Å². The molecule has 3 N–H and O–H groups in total. The van der Waals surface area contributed by atoms with Gasteiger partial charge in [-0.05, 0) is 48.5 Å². The van der Waals surface area contributed by atoms with Crippen molar-refractivity contribution in [2.75, 3.05) is 10.9 Å². The molecule has 0 saturated carbocycles. The van der Waals surface area contributed by atoms with Crippen LogP contribution in [0.5, 0.6) is 0 Å². The predicted octanol–water partition coefficient (Wildman–Crippen LogP) is 0.385. The van der Waals surface area contributed by atoms with E-state index >= 15 is 0 Å². The Morgan fingerprint density at radius 3 is 2.00 bits per heavy atom. The summed E-state index contributed by atoms with van der Waals surface area (Å²) in [5.41, 5.74) is 5.00. The van der Waals surface area contributed by atoms with Crippen molar-refractivity contribution in [2.24, 2.45) is 10.2 Å². The maximum Gasteiger partial charge on any atom is 0.294 e. The standard InChI is InChI=1S/C18H14N4O5S/c23-16-11-10-15(18(24)17(16)22-20-12-4-2-1-3-5-12)21-19-13-6-8-14(9-7-13)28(25,26)27/h1-11,19-20H,(H,25,26,27). The minimum Gasteiger partial charge on any atom is -0.287 e. The summed E-state index contributed by atoms with van der Waals surface area (Å²) in [6.45, 7) is 0. The van der Waals surface area contributed by atoms with Crippen LogP contribution < -0.4 is 32.4 Å². The largest absolute Gasteiger partial charge is 0.294 e. The molecule has 0 unspecified atom stereocenters. The van der Waals surface area contributed by atoms with Gasteiger partial charge >= 0.3 is 0 Å². The van der Waals surface area contributed by atoms with Crippen molar-refractivity contribution < 1.29 is 13.0 Å². The third-order valence-corrected chi connectivity index (χ3v) is 4.47. The van der Waals surface area contributed by atoms with Crippen LogP contribution in [0.15, 0.2) is 91.4 Å². The van der Waals surface area contributed by atoms with Crippen LogP contribution in [0.1, 0.15) is 0 Å². The molecule has 9 nitrogen and oxygen atoms in total. The van der Waals surface area contributed by atoms with Crippen molar-refractivity contribution in [3.63, 3.8) is 0 Å². The van der Waals surface area contributed by atoms with Gasteiger partial charge in [-0.1, -0.05) is 18.2 Å². The second-order valence-corrected chi connectivity index (χ2v) is 6.99. The predicted molar refractivity (Wildman–Crippen MR) is 102 cm³/mol. The van der Waals surface area contributed by atoms with Crippen molar-refractivity contribution in [3.05, 3.63) is 97.9 Å². The summed E-state index contributed by atoms with van der Waals surface area (Å²) in [6.07, 6.45) is 0. The zero-order chi connectivity index (χ0) is 20.1. The molecular weight excluding hydrogens is 384 g/mol. The van der Waals surface area contributed by atoms with Gasteiger partial charge in [0.1, 0.15) is 5.36 Å². The van der Waals surface area contributed by atoms with Crippen molar-refractivity contribution in [1.29, 1.82) is 0 Å². The summed E-state index contributed by atoms with van der Waals surface area (Å²) >= 11 is 0. The lowest BCUT2D eigenvalue weighted by Crippen LogP contribution is -2.47. The zero-order valence-electron chi connectivity index (χ0n) is 14.2. The second-order valence-electron chi connectivity index (χ2n) is 5.57. The molecule has 10 heteroatoms. The third kappa shape index (κ3) is 4.55. The molecule has 3 aromatic carbocycles. The number of para-hydroxylation sites is 1. The lowest BCUT2D eigenvalue weighted by atomic mass is 10.3. The highest BCUT2D eigenvalue weighted by Gasteiger charge is 2.08. The fourth-order valence-corrected chi connectivity index (χ4v) is 2.68. The molecule has 142 valence electrons. The Balaban J connectivity index is 1.91. The maximum atomic E-state index is 12.4. The Morgan fingerprint density at radius 1 is 0.750 bits per heavy atom. The molecule has 0 aliphatic heterocycles. The minimum atomic E-state index is -4.30. The minimum absolute atomic E-state index is 0.0490. The lowest BCUT2D eigenvalue weighted by Gasteiger charge is -2.01. The highest BCUT2D eigenvalue weighted by atomic mass is 32.2. The smallest absolute Gasteiger partial charge is 0.287 e. The Hall–Kier alpha value is -3.63. The van der Waals surface area contributed by atoms with Gasteiger partial charge in [0.2, 0.25) is 10.9 Å². The number of hydrogen-bond acceptors (Lipinski definition) is 8. The highest BCUT2D eigenvalue weighted by Crippen LogP contribution is 2.13. The SMILES string of the molecule is O=c1ccc(=NNc2ccc(S(=O)(=O)O)cc2)c(=O)c1=NNc1ccccc1. The molecule has 0 fully saturated rings. The summed E-state index contributed by atoms with van der Waals surface area (Å²) in [5, 5.41) is 7.44. The van der Waals surface area contributed by atoms with Gasteiger partial charge in [-0.25, -0.2) is 0 Å². The molecule has 28 heavy (non-hydrogen) atoms. The monoisotopic (exact) mass is 398 g/mol. The fourth-order valence-electron chi connectivity index (χ4n) is 2.20. The van der Waals surface area contributed by atoms with Gasteiger partial charge in [-0.15, -0.1) is 0 Å². The molecule has 0 aliphatic rings. The summed E-state index contributed by atoms with van der Waals surface area (Å²) in [5.74, 6) is 0. The molecule has 0 atom stereocenters. The van der Waals surface area contributed by atoms with Crippen molar-refractivity contribution in [1.82, 2.24) is 0 Å².